The fourth-order valence-electron chi connectivity index (χ4n) is 3.14. The smallest absolute Gasteiger partial charge is 0.573 e. The molecule has 4 heterocycles. The predicted octanol–water partition coefficient (Wildman–Crippen LogP) is 5.26. The molecule has 4 aromatic rings. The molecule has 0 aliphatic rings. The van der Waals surface area contributed by atoms with Crippen molar-refractivity contribution in [3.8, 4) is 22.6 Å². The first-order chi connectivity index (χ1) is 15.8. The largest absolute Gasteiger partial charge is 2.00 e. The van der Waals surface area contributed by atoms with Crippen LogP contribution in [0.25, 0.3) is 22.6 Å². The molecule has 0 aliphatic heterocycles. The van der Waals surface area contributed by atoms with Crippen LogP contribution in [-0.4, -0.2) is 20.1 Å². The van der Waals surface area contributed by atoms with E-state index in [-0.39, 0.29) is 49.5 Å². The van der Waals surface area contributed by atoms with Gasteiger partial charge in [-0.05, 0) is 49.9 Å². The van der Waals surface area contributed by atoms with E-state index in [1.165, 1.54) is 13.8 Å². The normalized spacial score (nSPS) is 11.9. The summed E-state index contributed by atoms with van der Waals surface area (Å²) < 4.78 is 94.6. The molecule has 0 aliphatic carbocycles. The number of hydrogen-bond acceptors (Lipinski definition) is 4. The summed E-state index contributed by atoms with van der Waals surface area (Å²) in [5, 5.41) is 6.46. The third-order valence-corrected chi connectivity index (χ3v) is 4.96. The molecule has 0 aromatic carbocycles. The maximum absolute atomic E-state index is 14.4. The van der Waals surface area contributed by atoms with Crippen LogP contribution in [0.4, 0.5) is 30.7 Å². The Morgan fingerprint density at radius 1 is 0.771 bits per heavy atom. The maximum Gasteiger partial charge on any atom is 2.00 e. The van der Waals surface area contributed by atoms with Crippen LogP contribution in [0.3, 0.4) is 0 Å². The second-order valence-corrected chi connectivity index (χ2v) is 7.74. The third kappa shape index (κ3) is 5.42. The van der Waals surface area contributed by atoms with Gasteiger partial charge in [0.05, 0.1) is 11.4 Å². The maximum atomic E-state index is 14.4. The van der Waals surface area contributed by atoms with E-state index in [9.17, 15) is 30.7 Å². The van der Waals surface area contributed by atoms with Crippen LogP contribution in [0.2, 0.25) is 0 Å². The van der Waals surface area contributed by atoms with Crippen LogP contribution in [0.1, 0.15) is 30.9 Å². The number of halogens is 7. The van der Waals surface area contributed by atoms with Gasteiger partial charge < -0.3 is 10.2 Å². The average molecular weight is 674 g/mol. The van der Waals surface area contributed by atoms with Crippen LogP contribution in [0.15, 0.2) is 36.4 Å². The Bertz CT molecular complexity index is 1390. The molecule has 4 rings (SSSR count). The Labute approximate surface area is 208 Å². The first-order valence-corrected chi connectivity index (χ1v) is 9.53. The zero-order valence-corrected chi connectivity index (χ0v) is 19.9. The molecular weight excluding hydrogens is 662 g/mol. The zero-order valence-electron chi connectivity index (χ0n) is 17.7. The van der Waals surface area contributed by atoms with Gasteiger partial charge in [-0.3, -0.25) is 15.0 Å². The summed E-state index contributed by atoms with van der Waals surface area (Å²) in [5.74, 6) is -4.07. The van der Waals surface area contributed by atoms with Crippen molar-refractivity contribution in [2.75, 3.05) is 0 Å². The van der Waals surface area contributed by atoms with Crippen molar-refractivity contribution in [3.05, 3.63) is 83.1 Å². The Kier molecular flexibility index (Phi) is 7.17. The molecule has 184 valence electrons. The first-order valence-electron chi connectivity index (χ1n) is 9.53. The first kappa shape index (κ1) is 26.5. The van der Waals surface area contributed by atoms with Gasteiger partial charge in [-0.15, -0.1) is 6.07 Å². The topological polar surface area (TPSA) is 65.7 Å². The number of pyridine rings is 3. The van der Waals surface area contributed by atoms with E-state index in [1.54, 1.807) is 0 Å². The average Bonchev–Trinajstić information content (AvgIpc) is 3.24. The summed E-state index contributed by atoms with van der Waals surface area (Å²) in [7, 11) is 0. The number of rotatable bonds is 4. The molecule has 0 amide bonds. The zero-order chi connectivity index (χ0) is 24.8. The molecule has 0 unspecified atom stereocenters. The van der Waals surface area contributed by atoms with Crippen molar-refractivity contribution < 1.29 is 51.8 Å². The number of nitrogens with zero attached hydrogens (tertiary/aromatic N) is 5. The van der Waals surface area contributed by atoms with Gasteiger partial charge in [0.2, 0.25) is 0 Å². The summed E-state index contributed by atoms with van der Waals surface area (Å²) in [6, 6.07) is 7.45. The van der Waals surface area contributed by atoms with Crippen molar-refractivity contribution in [1.82, 2.24) is 25.1 Å². The molecule has 0 N–H and O–H groups in total. The van der Waals surface area contributed by atoms with Gasteiger partial charge in [-0.1, -0.05) is 17.3 Å². The molecule has 0 radical (unpaired) electrons. The number of hydrogen-bond donors (Lipinski definition) is 0. The van der Waals surface area contributed by atoms with Gasteiger partial charge in [-0.2, -0.15) is 13.2 Å². The van der Waals surface area contributed by atoms with Crippen LogP contribution in [-0.2, 0) is 32.7 Å². The molecule has 4 aromatic heterocycles. The van der Waals surface area contributed by atoms with Gasteiger partial charge in [0.25, 0.3) is 0 Å². The molecular formula is C22H12F7N5Pt. The molecule has 5 nitrogen and oxygen atoms in total. The molecule has 35 heavy (non-hydrogen) atoms. The second kappa shape index (κ2) is 9.48. The Balaban J connectivity index is 0.00000342. The van der Waals surface area contributed by atoms with Gasteiger partial charge >= 0.3 is 27.2 Å². The van der Waals surface area contributed by atoms with Crippen molar-refractivity contribution >= 4 is 0 Å². The fourth-order valence-corrected chi connectivity index (χ4v) is 3.14. The van der Waals surface area contributed by atoms with Gasteiger partial charge in [0.1, 0.15) is 29.2 Å². The quantitative estimate of drug-likeness (QED) is 0.168. The Morgan fingerprint density at radius 2 is 1.34 bits per heavy atom. The molecule has 0 bridgehead atoms. The molecule has 0 fully saturated rings. The van der Waals surface area contributed by atoms with E-state index in [4.69, 9.17) is 0 Å². The van der Waals surface area contributed by atoms with E-state index in [0.29, 0.717) is 6.07 Å². The van der Waals surface area contributed by atoms with Crippen molar-refractivity contribution in [3.63, 3.8) is 0 Å². The standard InChI is InChI=1S/C22H12F7N5.Pt/c1-21(2,16-7-10(23)5-13(30-16)12-3-4-19(25)32-20(12)26)17-8-11(24)6-14(31-17)15-9-18(34-33-15)22(27,28)29;/h4-9H,1-2H3;/q-2;+2. The van der Waals surface area contributed by atoms with E-state index >= 15 is 0 Å². The van der Waals surface area contributed by atoms with Crippen LogP contribution in [0, 0.1) is 29.6 Å². The third-order valence-electron chi connectivity index (χ3n) is 4.96. The van der Waals surface area contributed by atoms with E-state index in [0.717, 1.165) is 30.3 Å². The number of alkyl halides is 3. The fraction of sp³-hybridized carbons (Fsp3) is 0.182. The summed E-state index contributed by atoms with van der Waals surface area (Å²) >= 11 is 0. The summed E-state index contributed by atoms with van der Waals surface area (Å²) in [5.41, 5.74) is -3.81. The molecule has 0 atom stereocenters. The summed E-state index contributed by atoms with van der Waals surface area (Å²) in [6.07, 6.45) is -4.75. The van der Waals surface area contributed by atoms with Crippen molar-refractivity contribution in [1.29, 1.82) is 0 Å². The molecule has 13 heteroatoms. The minimum absolute atomic E-state index is 0. The summed E-state index contributed by atoms with van der Waals surface area (Å²) in [4.78, 5) is 11.4. The minimum atomic E-state index is -4.75. The molecule has 0 saturated carbocycles. The molecule has 0 spiro atoms. The Morgan fingerprint density at radius 3 is 1.89 bits per heavy atom. The molecule has 0 saturated heterocycles. The van der Waals surface area contributed by atoms with E-state index in [1.807, 2.05) is 0 Å². The second-order valence-electron chi connectivity index (χ2n) is 7.74. The van der Waals surface area contributed by atoms with Crippen molar-refractivity contribution in [2.24, 2.45) is 0 Å². The van der Waals surface area contributed by atoms with E-state index < -0.39 is 46.4 Å². The van der Waals surface area contributed by atoms with Gasteiger partial charge in [0.15, 0.2) is 0 Å². The van der Waals surface area contributed by atoms with E-state index in [2.05, 4.69) is 31.2 Å². The van der Waals surface area contributed by atoms with Crippen LogP contribution in [0.5, 0.6) is 0 Å². The Hall–Kier alpha value is -3.14. The predicted molar refractivity (Wildman–Crippen MR) is 104 cm³/mol. The monoisotopic (exact) mass is 674 g/mol. The van der Waals surface area contributed by atoms with Crippen LogP contribution >= 0.6 is 0 Å². The minimum Gasteiger partial charge on any atom is -0.573 e. The van der Waals surface area contributed by atoms with Gasteiger partial charge in [-0.25, -0.2) is 17.6 Å². The van der Waals surface area contributed by atoms with Gasteiger partial charge in [0, 0.05) is 11.1 Å². The SMILES string of the molecule is CC(C)(c1cc(F)cc(-c2cc(C(F)(F)F)n[n-]2)n1)c1cc(F)cc(-c2[c-]cc(F)nc2F)n1.[Pt+2]. The van der Waals surface area contributed by atoms with Crippen molar-refractivity contribution in [2.45, 2.75) is 25.4 Å². The summed E-state index contributed by atoms with van der Waals surface area (Å²) in [6.45, 7) is 3.01. The number of aromatic nitrogens is 5. The van der Waals surface area contributed by atoms with Crippen LogP contribution < -0.4 is 5.10 Å².